The lowest BCUT2D eigenvalue weighted by molar-refractivity contribution is 0.0986. The predicted molar refractivity (Wildman–Crippen MR) is 153 cm³/mol. The van der Waals surface area contributed by atoms with Gasteiger partial charge in [-0.1, -0.05) is 18.2 Å². The molecule has 0 fully saturated rings. The molecular weight excluding hydrogens is 500 g/mol. The van der Waals surface area contributed by atoms with Crippen LogP contribution >= 0.6 is 11.6 Å². The van der Waals surface area contributed by atoms with E-state index in [0.717, 1.165) is 32.8 Å². The number of phenols is 1. The summed E-state index contributed by atoms with van der Waals surface area (Å²) in [6, 6.07) is 21.4. The molecule has 0 aliphatic carbocycles. The number of nitrogens with two attached hydrogens (primary N) is 1. The minimum atomic E-state index is -0.296. The Hall–Kier alpha value is -4.49. The van der Waals surface area contributed by atoms with Gasteiger partial charge in [0.25, 0.3) is 11.8 Å². The van der Waals surface area contributed by atoms with Crippen molar-refractivity contribution in [3.8, 4) is 5.75 Å². The van der Waals surface area contributed by atoms with E-state index in [9.17, 15) is 14.7 Å². The van der Waals surface area contributed by atoms with Gasteiger partial charge in [-0.2, -0.15) is 0 Å². The summed E-state index contributed by atoms with van der Waals surface area (Å²) in [4.78, 5) is 31.3. The highest BCUT2D eigenvalue weighted by Gasteiger charge is 2.35. The Morgan fingerprint density at radius 1 is 1.11 bits per heavy atom. The van der Waals surface area contributed by atoms with Crippen LogP contribution < -0.4 is 16.0 Å². The molecule has 8 heteroatoms. The fourth-order valence-corrected chi connectivity index (χ4v) is 5.58. The Morgan fingerprint density at radius 3 is 2.66 bits per heavy atom. The average molecular weight is 525 g/mol. The molecule has 0 spiro atoms. The van der Waals surface area contributed by atoms with Crippen LogP contribution in [0.15, 0.2) is 72.8 Å². The number of amides is 2. The number of nitrogens with zero attached hydrogens (tertiary/aromatic N) is 1. The zero-order valence-corrected chi connectivity index (χ0v) is 21.3. The van der Waals surface area contributed by atoms with E-state index in [-0.39, 0.29) is 23.5 Å². The van der Waals surface area contributed by atoms with Gasteiger partial charge in [-0.05, 0) is 72.0 Å². The number of benzene rings is 4. The van der Waals surface area contributed by atoms with Crippen molar-refractivity contribution < 1.29 is 14.7 Å². The molecule has 6 rings (SSSR count). The number of fused-ring (bicyclic) bond motifs is 4. The molecule has 0 radical (unpaired) electrons. The summed E-state index contributed by atoms with van der Waals surface area (Å²) in [6.07, 6.45) is 0. The van der Waals surface area contributed by atoms with Crippen molar-refractivity contribution >= 4 is 62.2 Å². The molecule has 1 aliphatic rings. The summed E-state index contributed by atoms with van der Waals surface area (Å²) in [5.74, 6) is -0.0566. The van der Waals surface area contributed by atoms with E-state index in [1.807, 2.05) is 25.1 Å². The van der Waals surface area contributed by atoms with Gasteiger partial charge < -0.3 is 26.0 Å². The number of phenolic OH excluding ortho intramolecular Hbond substituents is 1. The first kappa shape index (κ1) is 23.9. The van der Waals surface area contributed by atoms with Crippen molar-refractivity contribution in [1.82, 2.24) is 4.98 Å². The first-order chi connectivity index (χ1) is 18.3. The van der Waals surface area contributed by atoms with Gasteiger partial charge in [-0.3, -0.25) is 9.59 Å². The van der Waals surface area contributed by atoms with Gasteiger partial charge in [-0.25, -0.2) is 0 Å². The Morgan fingerprint density at radius 2 is 1.89 bits per heavy atom. The van der Waals surface area contributed by atoms with Gasteiger partial charge in [0, 0.05) is 57.6 Å². The molecule has 7 nitrogen and oxygen atoms in total. The van der Waals surface area contributed by atoms with Crippen molar-refractivity contribution in [2.45, 2.75) is 12.8 Å². The van der Waals surface area contributed by atoms with E-state index in [0.29, 0.717) is 40.7 Å². The van der Waals surface area contributed by atoms with Crippen LogP contribution in [0.25, 0.3) is 21.7 Å². The number of aryl methyl sites for hydroxylation is 1. The highest BCUT2D eigenvalue weighted by molar-refractivity contribution is 6.19. The van der Waals surface area contributed by atoms with Crippen LogP contribution in [0, 0.1) is 6.92 Å². The fraction of sp³-hybridized carbons (Fsp3) is 0.133. The molecule has 0 bridgehead atoms. The highest BCUT2D eigenvalue weighted by atomic mass is 35.5. The SMILES string of the molecule is Cc1cccc2c(O)cc3c(c12)C(CCl)CN3C(=O)c1ccc2[nH]c(C(=O)Nc3ccc(N)cc3)cc2c1. The number of H-pyrrole nitrogens is 1. The Bertz CT molecular complexity index is 1740. The van der Waals surface area contributed by atoms with Gasteiger partial charge in [-0.15, -0.1) is 11.6 Å². The van der Waals surface area contributed by atoms with Crippen LogP contribution in [0.5, 0.6) is 5.75 Å². The maximum absolute atomic E-state index is 13.8. The molecule has 4 aromatic carbocycles. The van der Waals surface area contributed by atoms with Gasteiger partial charge in [0.15, 0.2) is 0 Å². The van der Waals surface area contributed by atoms with Gasteiger partial charge in [0.1, 0.15) is 11.4 Å². The van der Waals surface area contributed by atoms with E-state index < -0.39 is 0 Å². The quantitative estimate of drug-likeness (QED) is 0.167. The molecule has 5 N–H and O–H groups in total. The first-order valence-electron chi connectivity index (χ1n) is 12.3. The van der Waals surface area contributed by atoms with Crippen molar-refractivity contribution in [2.24, 2.45) is 0 Å². The second kappa shape index (κ2) is 9.11. The van der Waals surface area contributed by atoms with Crippen molar-refractivity contribution in [3.63, 3.8) is 0 Å². The number of halogens is 1. The number of carbonyl (C=O) groups is 2. The van der Waals surface area contributed by atoms with Crippen molar-refractivity contribution in [3.05, 3.63) is 95.2 Å². The summed E-state index contributed by atoms with van der Waals surface area (Å²) in [5, 5.41) is 16.1. The number of carbonyl (C=O) groups excluding carboxylic acids is 2. The molecule has 2 heterocycles. The van der Waals surface area contributed by atoms with Crippen molar-refractivity contribution in [2.75, 3.05) is 28.4 Å². The van der Waals surface area contributed by atoms with Crippen LogP contribution in [0.4, 0.5) is 17.1 Å². The average Bonchev–Trinajstić information content (AvgIpc) is 3.51. The number of rotatable bonds is 4. The van der Waals surface area contributed by atoms with Crippen LogP contribution in [-0.4, -0.2) is 34.3 Å². The third kappa shape index (κ3) is 3.92. The largest absolute Gasteiger partial charge is 0.507 e. The van der Waals surface area contributed by atoms with Gasteiger partial charge in [0.2, 0.25) is 0 Å². The summed E-state index contributed by atoms with van der Waals surface area (Å²) in [7, 11) is 0. The normalized spacial score (nSPS) is 14.7. The predicted octanol–water partition coefficient (Wildman–Crippen LogP) is 6.15. The monoisotopic (exact) mass is 524 g/mol. The van der Waals surface area contributed by atoms with E-state index in [4.69, 9.17) is 17.3 Å². The van der Waals surface area contributed by atoms with Crippen molar-refractivity contribution in [1.29, 1.82) is 0 Å². The van der Waals surface area contributed by atoms with E-state index in [2.05, 4.69) is 10.3 Å². The zero-order chi connectivity index (χ0) is 26.6. The Labute approximate surface area is 223 Å². The molecule has 0 saturated carbocycles. The molecule has 2 amide bonds. The second-order valence-corrected chi connectivity index (χ2v) is 9.96. The summed E-state index contributed by atoms with van der Waals surface area (Å²) in [6.45, 7) is 2.42. The van der Waals surface area contributed by atoms with Gasteiger partial charge in [0.05, 0.1) is 5.69 Å². The molecule has 1 aliphatic heterocycles. The Kier molecular flexibility index (Phi) is 5.73. The lowest BCUT2D eigenvalue weighted by Gasteiger charge is -2.19. The molecule has 0 saturated heterocycles. The number of anilines is 3. The summed E-state index contributed by atoms with van der Waals surface area (Å²) >= 11 is 6.37. The number of hydrogen-bond donors (Lipinski definition) is 4. The standard InChI is InChI=1S/C30H25ClN4O3/c1-16-3-2-4-22-26(36)13-25-28(27(16)22)19(14-31)15-35(25)30(38)17-5-10-23-18(11-17)12-24(34-23)29(37)33-21-8-6-20(32)7-9-21/h2-13,19,34,36H,14-15,32H2,1H3,(H,33,37). The Balaban J connectivity index is 1.33. The van der Waals surface area contributed by atoms with Gasteiger partial charge >= 0.3 is 0 Å². The van der Waals surface area contributed by atoms with Crippen LogP contribution in [0.1, 0.15) is 37.9 Å². The van der Waals surface area contributed by atoms with Crippen LogP contribution in [-0.2, 0) is 0 Å². The third-order valence-electron chi connectivity index (χ3n) is 7.18. The fourth-order valence-electron chi connectivity index (χ4n) is 5.33. The lowest BCUT2D eigenvalue weighted by atomic mass is 9.92. The number of hydrogen-bond acceptors (Lipinski definition) is 4. The number of nitrogens with one attached hydrogen (secondary N) is 2. The molecule has 1 atom stereocenters. The zero-order valence-electron chi connectivity index (χ0n) is 20.6. The number of alkyl halides is 1. The van der Waals surface area contributed by atoms with E-state index >= 15 is 0 Å². The third-order valence-corrected chi connectivity index (χ3v) is 7.55. The molecular formula is C30H25ClN4O3. The van der Waals surface area contributed by atoms with E-state index in [1.165, 1.54) is 0 Å². The number of nitrogen functional groups attached to an aromatic ring is 1. The molecule has 38 heavy (non-hydrogen) atoms. The minimum absolute atomic E-state index is 0.0561. The van der Waals surface area contributed by atoms with Crippen LogP contribution in [0.3, 0.4) is 0 Å². The smallest absolute Gasteiger partial charge is 0.272 e. The molecule has 1 unspecified atom stereocenters. The second-order valence-electron chi connectivity index (χ2n) is 9.65. The first-order valence-corrected chi connectivity index (χ1v) is 12.8. The summed E-state index contributed by atoms with van der Waals surface area (Å²) in [5.41, 5.74) is 11.2. The summed E-state index contributed by atoms with van der Waals surface area (Å²) < 4.78 is 0. The molecule has 5 aromatic rings. The number of aromatic amines is 1. The topological polar surface area (TPSA) is 111 Å². The minimum Gasteiger partial charge on any atom is -0.507 e. The maximum atomic E-state index is 13.8. The van der Waals surface area contributed by atoms with Crippen LogP contribution in [0.2, 0.25) is 0 Å². The number of aromatic nitrogens is 1. The highest BCUT2D eigenvalue weighted by Crippen LogP contribution is 2.46. The van der Waals surface area contributed by atoms with E-state index in [1.54, 1.807) is 59.5 Å². The maximum Gasteiger partial charge on any atom is 0.272 e. The molecule has 190 valence electrons. The lowest BCUT2D eigenvalue weighted by Crippen LogP contribution is -2.30. The number of aromatic hydroxyl groups is 1. The molecule has 1 aromatic heterocycles.